The molecule has 4 unspecified atom stereocenters. The van der Waals surface area contributed by atoms with Gasteiger partial charge in [-0.15, -0.1) is 0 Å². The van der Waals surface area contributed by atoms with Gasteiger partial charge in [-0.05, 0) is 37.5 Å². The summed E-state index contributed by atoms with van der Waals surface area (Å²) in [5.41, 5.74) is 5.34. The highest BCUT2D eigenvalue weighted by Crippen LogP contribution is 2.72. The molecule has 2 N–H and O–H groups in total. The molecular formula is C11H17BN2O. The quantitative estimate of drug-likeness (QED) is 0.515. The molecule has 0 heterocycles. The third kappa shape index (κ3) is 1.14. The fraction of sp³-hybridized carbons (Fsp3) is 0.909. The van der Waals surface area contributed by atoms with Crippen molar-refractivity contribution in [3.05, 3.63) is 0 Å². The Balaban J connectivity index is 1.88. The molecule has 4 rings (SSSR count). The largest absolute Gasteiger partial charge is 0.291 e. The van der Waals surface area contributed by atoms with Gasteiger partial charge in [-0.3, -0.25) is 10.2 Å². The van der Waals surface area contributed by atoms with Gasteiger partial charge < -0.3 is 0 Å². The van der Waals surface area contributed by atoms with E-state index in [0.29, 0.717) is 11.8 Å². The van der Waals surface area contributed by atoms with Crippen molar-refractivity contribution in [1.29, 1.82) is 0 Å². The van der Waals surface area contributed by atoms with Crippen LogP contribution in [0.5, 0.6) is 0 Å². The fourth-order valence-corrected chi connectivity index (χ4v) is 4.48. The molecule has 4 saturated carbocycles. The van der Waals surface area contributed by atoms with Crippen molar-refractivity contribution in [1.82, 2.24) is 10.9 Å². The first-order chi connectivity index (χ1) is 7.08. The summed E-state index contributed by atoms with van der Waals surface area (Å²) in [5.74, 6) is 1.45. The van der Waals surface area contributed by atoms with E-state index in [9.17, 15) is 4.79 Å². The van der Waals surface area contributed by atoms with Crippen LogP contribution in [0.4, 0.5) is 0 Å². The van der Waals surface area contributed by atoms with Gasteiger partial charge in [0.1, 0.15) is 0 Å². The normalized spacial score (nSPS) is 51.0. The first-order valence-corrected chi connectivity index (χ1v) is 5.84. The number of carbonyl (C=O) groups is 1. The van der Waals surface area contributed by atoms with Gasteiger partial charge in [0.2, 0.25) is 5.91 Å². The van der Waals surface area contributed by atoms with E-state index in [4.69, 9.17) is 7.85 Å². The summed E-state index contributed by atoms with van der Waals surface area (Å²) < 4.78 is 0. The van der Waals surface area contributed by atoms with Crippen molar-refractivity contribution in [3.8, 4) is 0 Å². The van der Waals surface area contributed by atoms with Gasteiger partial charge in [0, 0.05) is 7.05 Å². The van der Waals surface area contributed by atoms with E-state index in [1.807, 2.05) is 0 Å². The zero-order chi connectivity index (χ0) is 10.7. The summed E-state index contributed by atoms with van der Waals surface area (Å²) in [5, 5.41) is -0.0198. The summed E-state index contributed by atoms with van der Waals surface area (Å²) in [6.45, 7) is 0. The molecule has 1 amide bonds. The lowest BCUT2D eigenvalue weighted by atomic mass is 9.59. The van der Waals surface area contributed by atoms with Crippen LogP contribution < -0.4 is 10.9 Å². The third-order valence-electron chi connectivity index (χ3n) is 4.80. The van der Waals surface area contributed by atoms with E-state index < -0.39 is 0 Å². The Bertz CT molecular complexity index is 322. The maximum Gasteiger partial charge on any atom is 0.240 e. The third-order valence-corrected chi connectivity index (χ3v) is 4.80. The number of carbonyl (C=O) groups excluding carboxylic acids is 1. The lowest BCUT2D eigenvalue weighted by Gasteiger charge is -2.38. The molecule has 0 aliphatic heterocycles. The van der Waals surface area contributed by atoms with Gasteiger partial charge >= 0.3 is 0 Å². The smallest absolute Gasteiger partial charge is 0.240 e. The Morgan fingerprint density at radius 1 is 1.40 bits per heavy atom. The minimum Gasteiger partial charge on any atom is -0.291 e. The molecule has 80 valence electrons. The van der Waals surface area contributed by atoms with E-state index in [2.05, 4.69) is 10.9 Å². The molecule has 4 aliphatic carbocycles. The van der Waals surface area contributed by atoms with E-state index in [0.717, 1.165) is 25.7 Å². The molecule has 0 aromatic carbocycles. The van der Waals surface area contributed by atoms with E-state index in [-0.39, 0.29) is 16.6 Å². The lowest BCUT2D eigenvalue weighted by molar-refractivity contribution is -0.134. The number of hydrogen-bond acceptors (Lipinski definition) is 2. The second-order valence-electron chi connectivity index (χ2n) is 5.81. The van der Waals surface area contributed by atoms with Crippen LogP contribution in [0.15, 0.2) is 0 Å². The highest BCUT2D eigenvalue weighted by atomic mass is 16.2. The molecule has 3 nitrogen and oxygen atoms in total. The van der Waals surface area contributed by atoms with Gasteiger partial charge in [0.05, 0.1) is 13.3 Å². The van der Waals surface area contributed by atoms with Gasteiger partial charge in [-0.1, -0.05) is 11.7 Å². The highest BCUT2D eigenvalue weighted by Gasteiger charge is 2.63. The maximum atomic E-state index is 12.1. The van der Waals surface area contributed by atoms with Crippen LogP contribution in [-0.2, 0) is 4.79 Å². The predicted octanol–water partition coefficient (Wildman–Crippen LogP) is 0.774. The highest BCUT2D eigenvalue weighted by molar-refractivity contribution is 6.16. The van der Waals surface area contributed by atoms with Crippen LogP contribution in [0.3, 0.4) is 0 Å². The molecule has 0 aromatic heterocycles. The van der Waals surface area contributed by atoms with Crippen LogP contribution in [-0.4, -0.2) is 20.8 Å². The summed E-state index contributed by atoms with van der Waals surface area (Å²) >= 11 is 0. The molecule has 4 bridgehead atoms. The van der Waals surface area contributed by atoms with Gasteiger partial charge in [0.15, 0.2) is 0 Å². The van der Waals surface area contributed by atoms with Crippen molar-refractivity contribution < 1.29 is 4.79 Å². The van der Waals surface area contributed by atoms with Crippen LogP contribution in [0.1, 0.15) is 32.1 Å². The van der Waals surface area contributed by atoms with Crippen LogP contribution in [0.25, 0.3) is 0 Å². The van der Waals surface area contributed by atoms with Crippen LogP contribution in [0.2, 0.25) is 5.31 Å². The summed E-state index contributed by atoms with van der Waals surface area (Å²) in [6.07, 6.45) is 5.36. The van der Waals surface area contributed by atoms with Gasteiger partial charge in [0.25, 0.3) is 0 Å². The first-order valence-electron chi connectivity index (χ1n) is 5.84. The van der Waals surface area contributed by atoms with Crippen molar-refractivity contribution >= 4 is 13.8 Å². The number of amides is 1. The Morgan fingerprint density at radius 3 is 2.80 bits per heavy atom. The molecule has 0 saturated heterocycles. The average Bonchev–Trinajstić information content (AvgIpc) is 2.48. The SMILES string of the molecule is [B]C12CC3CC1CC(C(=O)NNC)(C3)C2. The Hall–Kier alpha value is -0.505. The molecule has 0 aromatic rings. The fourth-order valence-electron chi connectivity index (χ4n) is 4.48. The second-order valence-corrected chi connectivity index (χ2v) is 5.81. The zero-order valence-corrected chi connectivity index (χ0v) is 9.18. The van der Waals surface area contributed by atoms with E-state index in [1.54, 1.807) is 7.05 Å². The Labute approximate surface area is 91.8 Å². The van der Waals surface area contributed by atoms with Crippen molar-refractivity contribution in [3.63, 3.8) is 0 Å². The Morgan fingerprint density at radius 2 is 2.20 bits per heavy atom. The predicted molar refractivity (Wildman–Crippen MR) is 58.1 cm³/mol. The standard InChI is InChI=1S/C11H17BN2O/c1-13-14-9(15)10-3-7-2-8(5-10)11(12,4-7)6-10/h7-8,13H,2-6H2,1H3,(H,14,15). The molecule has 4 fully saturated rings. The maximum absolute atomic E-state index is 12.1. The summed E-state index contributed by atoms with van der Waals surface area (Å²) in [4.78, 5) is 12.1. The lowest BCUT2D eigenvalue weighted by Crippen LogP contribution is -2.47. The number of nitrogens with one attached hydrogen (secondary N) is 2. The zero-order valence-electron chi connectivity index (χ0n) is 9.18. The van der Waals surface area contributed by atoms with Crippen LogP contribution in [0, 0.1) is 17.3 Å². The van der Waals surface area contributed by atoms with Gasteiger partial charge in [-0.25, -0.2) is 5.43 Å². The van der Waals surface area contributed by atoms with Crippen molar-refractivity contribution in [2.45, 2.75) is 37.4 Å². The molecule has 0 spiro atoms. The monoisotopic (exact) mass is 204 g/mol. The summed E-state index contributed by atoms with van der Waals surface area (Å²) in [6, 6.07) is 0. The Kier molecular flexibility index (Phi) is 1.80. The van der Waals surface area contributed by atoms with E-state index >= 15 is 0 Å². The molecular weight excluding hydrogens is 187 g/mol. The van der Waals surface area contributed by atoms with E-state index in [1.165, 1.54) is 6.42 Å². The number of hydrazine groups is 1. The molecule has 15 heavy (non-hydrogen) atoms. The average molecular weight is 204 g/mol. The summed E-state index contributed by atoms with van der Waals surface area (Å²) in [7, 11) is 8.14. The minimum absolute atomic E-state index is 0.0198. The van der Waals surface area contributed by atoms with Crippen molar-refractivity contribution in [2.24, 2.45) is 17.3 Å². The molecule has 4 heteroatoms. The topological polar surface area (TPSA) is 41.1 Å². The molecule has 4 aliphatic rings. The molecule has 2 radical (unpaired) electrons. The van der Waals surface area contributed by atoms with Crippen LogP contribution >= 0.6 is 0 Å². The van der Waals surface area contributed by atoms with Gasteiger partial charge in [-0.2, -0.15) is 0 Å². The number of hydrogen-bond donors (Lipinski definition) is 2. The number of rotatable bonds is 2. The first kappa shape index (κ1) is 9.70. The molecule has 4 atom stereocenters. The minimum atomic E-state index is -0.149. The second kappa shape index (κ2) is 2.79. The van der Waals surface area contributed by atoms with Crippen molar-refractivity contribution in [2.75, 3.05) is 7.05 Å².